The number of hydrogen-bond donors (Lipinski definition) is 3. The molecule has 1 atom stereocenters. The van der Waals surface area contributed by atoms with Crippen LogP contribution in [0.2, 0.25) is 0 Å². The van der Waals surface area contributed by atoms with Crippen LogP contribution in [-0.2, 0) is 0 Å². The van der Waals surface area contributed by atoms with Crippen molar-refractivity contribution >= 4 is 44.1 Å². The second-order valence-electron chi connectivity index (χ2n) is 7.71. The third kappa shape index (κ3) is 4.16. The summed E-state index contributed by atoms with van der Waals surface area (Å²) in [4.78, 5) is 24.8. The number of halogens is 1. The second-order valence-corrected chi connectivity index (χ2v) is 8.50. The smallest absolute Gasteiger partial charge is 0.337 e. The summed E-state index contributed by atoms with van der Waals surface area (Å²) in [6.07, 6.45) is 2.81. The van der Waals surface area contributed by atoms with Crippen LogP contribution in [0.15, 0.2) is 56.2 Å². The number of aromatic carboxylic acids is 1. The van der Waals surface area contributed by atoms with Crippen molar-refractivity contribution < 1.29 is 14.3 Å². The number of carboxylic acid groups (broad SMARTS) is 1. The summed E-state index contributed by atoms with van der Waals surface area (Å²) < 4.78 is 6.77. The van der Waals surface area contributed by atoms with Gasteiger partial charge in [-0.3, -0.25) is 4.79 Å². The van der Waals surface area contributed by atoms with Crippen molar-refractivity contribution in [2.75, 3.05) is 18.4 Å². The van der Waals surface area contributed by atoms with E-state index in [0.29, 0.717) is 26.9 Å². The van der Waals surface area contributed by atoms with Gasteiger partial charge in [-0.05, 0) is 72.1 Å². The normalized spacial score (nSPS) is 14.9. The molecule has 0 fully saturated rings. The third-order valence-corrected chi connectivity index (χ3v) is 6.18. The molecule has 0 spiro atoms. The molecule has 7 heteroatoms. The minimum atomic E-state index is -1.00. The van der Waals surface area contributed by atoms with Gasteiger partial charge in [0.25, 0.3) is 0 Å². The number of aryl methyl sites for hydroxylation is 1. The summed E-state index contributed by atoms with van der Waals surface area (Å²) in [6.45, 7) is 5.41. The Balaban J connectivity index is 1.86. The number of hydrogen-bond acceptors (Lipinski definition) is 5. The number of benzene rings is 2. The van der Waals surface area contributed by atoms with Gasteiger partial charge in [0.2, 0.25) is 5.43 Å². The van der Waals surface area contributed by atoms with Crippen molar-refractivity contribution in [1.29, 1.82) is 0 Å². The molecule has 1 aliphatic rings. The van der Waals surface area contributed by atoms with Crippen LogP contribution in [0.5, 0.6) is 0 Å². The van der Waals surface area contributed by atoms with Crippen LogP contribution in [0.25, 0.3) is 16.5 Å². The highest BCUT2D eigenvalue weighted by Gasteiger charge is 2.22. The molecule has 0 saturated carbocycles. The average Bonchev–Trinajstić information content (AvgIpc) is 2.77. The molecule has 0 saturated heterocycles. The van der Waals surface area contributed by atoms with Crippen LogP contribution in [0.3, 0.4) is 0 Å². The zero-order valence-corrected chi connectivity index (χ0v) is 18.9. The van der Waals surface area contributed by atoms with E-state index in [0.717, 1.165) is 36.2 Å². The molecule has 0 aliphatic carbocycles. The fraction of sp³-hybridized carbons (Fsp3) is 0.250. The Hall–Kier alpha value is -2.90. The van der Waals surface area contributed by atoms with Gasteiger partial charge in [0, 0.05) is 17.8 Å². The van der Waals surface area contributed by atoms with Crippen LogP contribution >= 0.6 is 15.9 Å². The van der Waals surface area contributed by atoms with E-state index in [9.17, 15) is 14.7 Å². The van der Waals surface area contributed by atoms with Gasteiger partial charge in [-0.2, -0.15) is 0 Å². The van der Waals surface area contributed by atoms with E-state index in [1.807, 2.05) is 32.1 Å². The topological polar surface area (TPSA) is 91.6 Å². The summed E-state index contributed by atoms with van der Waals surface area (Å²) in [5.41, 5.74) is 3.83. The van der Waals surface area contributed by atoms with E-state index in [2.05, 4.69) is 26.6 Å². The lowest BCUT2D eigenvalue weighted by molar-refractivity contribution is 0.0698. The number of anilines is 1. The molecule has 0 amide bonds. The molecule has 3 N–H and O–H groups in total. The molecule has 0 radical (unpaired) electrons. The molecule has 31 heavy (non-hydrogen) atoms. The minimum Gasteiger partial charge on any atom is -0.478 e. The lowest BCUT2D eigenvalue weighted by Crippen LogP contribution is -2.21. The van der Waals surface area contributed by atoms with Crippen molar-refractivity contribution in [1.82, 2.24) is 5.32 Å². The predicted molar refractivity (Wildman–Crippen MR) is 126 cm³/mol. The van der Waals surface area contributed by atoms with Crippen LogP contribution in [0, 0.1) is 6.92 Å². The van der Waals surface area contributed by atoms with Gasteiger partial charge in [0.15, 0.2) is 0 Å². The first-order valence-electron chi connectivity index (χ1n) is 10.1. The van der Waals surface area contributed by atoms with Gasteiger partial charge in [-0.15, -0.1) is 0 Å². The lowest BCUT2D eigenvalue weighted by atomic mass is 9.99. The van der Waals surface area contributed by atoms with Gasteiger partial charge < -0.3 is 20.2 Å². The first kappa shape index (κ1) is 21.3. The molecule has 0 unspecified atom stereocenters. The van der Waals surface area contributed by atoms with Gasteiger partial charge in [-0.25, -0.2) is 4.79 Å². The van der Waals surface area contributed by atoms with Crippen LogP contribution in [0.4, 0.5) is 5.69 Å². The summed E-state index contributed by atoms with van der Waals surface area (Å²) in [5.74, 6) is -0.442. The average molecular weight is 483 g/mol. The number of carboxylic acids is 1. The number of nitrogens with one attached hydrogen (secondary N) is 2. The fourth-order valence-electron chi connectivity index (χ4n) is 3.92. The van der Waals surface area contributed by atoms with Crippen molar-refractivity contribution in [3.05, 3.63) is 79.6 Å². The minimum absolute atomic E-state index is 0.112. The van der Waals surface area contributed by atoms with Crippen molar-refractivity contribution in [3.63, 3.8) is 0 Å². The highest BCUT2D eigenvalue weighted by molar-refractivity contribution is 9.10. The quantitative estimate of drug-likeness (QED) is 0.467. The van der Waals surface area contributed by atoms with E-state index in [1.54, 1.807) is 24.3 Å². The molecule has 4 rings (SSSR count). The Bertz CT molecular complexity index is 1260. The van der Waals surface area contributed by atoms with Gasteiger partial charge in [0.1, 0.15) is 15.8 Å². The van der Waals surface area contributed by atoms with Crippen LogP contribution < -0.4 is 16.1 Å². The molecule has 1 aromatic heterocycles. The Morgan fingerprint density at radius 3 is 2.77 bits per heavy atom. The number of para-hydroxylation sites is 1. The maximum absolute atomic E-state index is 13.2. The summed E-state index contributed by atoms with van der Waals surface area (Å²) in [7, 11) is 0. The number of carbonyl (C=O) groups is 1. The highest BCUT2D eigenvalue weighted by Crippen LogP contribution is 2.33. The van der Waals surface area contributed by atoms with E-state index < -0.39 is 5.97 Å². The molecular weight excluding hydrogens is 460 g/mol. The monoisotopic (exact) mass is 482 g/mol. The van der Waals surface area contributed by atoms with Crippen LogP contribution in [-0.4, -0.2) is 24.2 Å². The van der Waals surface area contributed by atoms with Crippen molar-refractivity contribution in [2.45, 2.75) is 26.3 Å². The van der Waals surface area contributed by atoms with Crippen molar-refractivity contribution in [2.24, 2.45) is 0 Å². The number of fused-ring (bicyclic) bond motifs is 1. The largest absolute Gasteiger partial charge is 0.478 e. The zero-order chi connectivity index (χ0) is 22.1. The summed E-state index contributed by atoms with van der Waals surface area (Å²) in [6, 6.07) is 10.3. The molecule has 3 aromatic rings. The Morgan fingerprint density at radius 1 is 1.29 bits per heavy atom. The molecule has 2 aromatic carbocycles. The number of rotatable bonds is 5. The van der Waals surface area contributed by atoms with E-state index in [1.165, 1.54) is 0 Å². The zero-order valence-electron chi connectivity index (χ0n) is 17.3. The molecule has 160 valence electrons. The predicted octanol–water partition coefficient (Wildman–Crippen LogP) is 5.11. The molecule has 2 heterocycles. The molecule has 0 bridgehead atoms. The highest BCUT2D eigenvalue weighted by atomic mass is 79.9. The molecule has 6 nitrogen and oxygen atoms in total. The Labute approximate surface area is 188 Å². The van der Waals surface area contributed by atoms with Crippen LogP contribution in [0.1, 0.15) is 46.6 Å². The van der Waals surface area contributed by atoms with Gasteiger partial charge in [-0.1, -0.05) is 24.3 Å². The lowest BCUT2D eigenvalue weighted by Gasteiger charge is -2.20. The van der Waals surface area contributed by atoms with E-state index in [-0.39, 0.29) is 17.0 Å². The Kier molecular flexibility index (Phi) is 5.98. The first-order valence-corrected chi connectivity index (χ1v) is 10.9. The molecular formula is C24H23BrN2O4. The standard InChI is InChI=1S/C24H23BrN2O4/c1-13-11-17(14(2)27-19-6-4-3-5-16(19)24(29)30)23-18(12-13)21(28)20(25)22(31-23)15-7-9-26-10-8-15/h3-7,11-12,14,26-27H,8-10H2,1-2H3,(H,29,30)/t14-/m1/s1. The second kappa shape index (κ2) is 8.69. The van der Waals surface area contributed by atoms with Crippen molar-refractivity contribution in [3.8, 4) is 0 Å². The van der Waals surface area contributed by atoms with E-state index >= 15 is 0 Å². The van der Waals surface area contributed by atoms with E-state index in [4.69, 9.17) is 4.42 Å². The summed E-state index contributed by atoms with van der Waals surface area (Å²) in [5, 5.41) is 16.5. The fourth-order valence-corrected chi connectivity index (χ4v) is 4.46. The maximum Gasteiger partial charge on any atom is 0.337 e. The SMILES string of the molecule is Cc1cc([C@@H](C)Nc2ccccc2C(=O)O)c2oc(C3=CCNCC3)c(Br)c(=O)c2c1. The first-order chi connectivity index (χ1) is 14.9. The van der Waals surface area contributed by atoms with Gasteiger partial charge in [0.05, 0.1) is 17.0 Å². The maximum atomic E-state index is 13.2. The Morgan fingerprint density at radius 2 is 2.06 bits per heavy atom. The summed E-state index contributed by atoms with van der Waals surface area (Å²) >= 11 is 3.45. The third-order valence-electron chi connectivity index (χ3n) is 5.46. The molecule has 1 aliphatic heterocycles. The van der Waals surface area contributed by atoms with Gasteiger partial charge >= 0.3 is 5.97 Å².